The number of aromatic nitrogens is 4. The number of hydrogen-bond acceptors (Lipinski definition) is 7. The van der Waals surface area contributed by atoms with Crippen LogP contribution in [0.3, 0.4) is 0 Å². The van der Waals surface area contributed by atoms with E-state index in [1.54, 1.807) is 9.36 Å². The summed E-state index contributed by atoms with van der Waals surface area (Å²) < 4.78 is 3.31. The Morgan fingerprint density at radius 1 is 0.914 bits per heavy atom. The summed E-state index contributed by atoms with van der Waals surface area (Å²) in [4.78, 5) is 22.0. The molecule has 0 unspecified atom stereocenters. The van der Waals surface area contributed by atoms with Crippen molar-refractivity contribution in [3.63, 3.8) is 0 Å². The summed E-state index contributed by atoms with van der Waals surface area (Å²) >= 11 is 12.8. The predicted octanol–water partition coefficient (Wildman–Crippen LogP) is 5.21. The van der Waals surface area contributed by atoms with Gasteiger partial charge in [0.2, 0.25) is 0 Å². The van der Waals surface area contributed by atoms with E-state index in [0.717, 1.165) is 22.8 Å². The Morgan fingerprint density at radius 3 is 1.77 bits per heavy atom. The molecule has 3 rings (SSSR count). The van der Waals surface area contributed by atoms with Crippen LogP contribution in [0.5, 0.6) is 0 Å². The highest BCUT2D eigenvalue weighted by molar-refractivity contribution is 6.41. The van der Waals surface area contributed by atoms with Crippen molar-refractivity contribution in [1.82, 2.24) is 19.6 Å². The highest BCUT2D eigenvalue weighted by atomic mass is 35.5. The van der Waals surface area contributed by atoms with Crippen LogP contribution in [0.2, 0.25) is 0 Å². The molecule has 35 heavy (non-hydrogen) atoms. The van der Waals surface area contributed by atoms with Crippen LogP contribution in [0.1, 0.15) is 22.8 Å². The van der Waals surface area contributed by atoms with E-state index in [-0.39, 0.29) is 34.7 Å². The number of benzene rings is 1. The second kappa shape index (κ2) is 10.7. The molecule has 2 aromatic heterocycles. The molecule has 3 aromatic rings. The third kappa shape index (κ3) is 6.25. The first-order valence-corrected chi connectivity index (χ1v) is 11.2. The summed E-state index contributed by atoms with van der Waals surface area (Å²) in [5, 5.41) is 34.2. The van der Waals surface area contributed by atoms with Gasteiger partial charge in [-0.05, 0) is 52.0 Å². The zero-order chi connectivity index (χ0) is 25.9. The van der Waals surface area contributed by atoms with Crippen LogP contribution in [0.4, 0.5) is 11.4 Å². The Bertz CT molecular complexity index is 1290. The van der Waals surface area contributed by atoms with Gasteiger partial charge in [-0.25, -0.2) is 0 Å². The Kier molecular flexibility index (Phi) is 7.92. The van der Waals surface area contributed by atoms with Crippen LogP contribution in [0.15, 0.2) is 57.9 Å². The zero-order valence-electron chi connectivity index (χ0n) is 19.5. The lowest BCUT2D eigenvalue weighted by Crippen LogP contribution is -2.18. The van der Waals surface area contributed by atoms with Crippen molar-refractivity contribution in [2.45, 2.75) is 40.8 Å². The largest absolute Gasteiger partial charge is 0.345 e. The van der Waals surface area contributed by atoms with E-state index >= 15 is 0 Å². The van der Waals surface area contributed by atoms with Crippen molar-refractivity contribution in [2.24, 2.45) is 0 Å². The average Bonchev–Trinajstić information content (AvgIpc) is 3.26. The molecular weight excluding hydrogens is 497 g/mol. The number of rotatable bonds is 9. The van der Waals surface area contributed by atoms with Crippen molar-refractivity contribution in [3.8, 4) is 0 Å². The number of allylic oxidation sites excluding steroid dienone is 2. The zero-order valence-corrected chi connectivity index (χ0v) is 21.0. The number of hydrogen-bond donors (Lipinski definition) is 1. The fourth-order valence-electron chi connectivity index (χ4n) is 3.55. The number of nitrogens with zero attached hydrogens (tertiary/aromatic N) is 6. The van der Waals surface area contributed by atoms with Crippen molar-refractivity contribution >= 4 is 34.6 Å². The standard InChI is InChI=1S/C22H23Cl2N7O4/c1-13-9-15(3)28(26-13)11-17(12-29-16(4)10-14(2)27-29)21(31(34)35)20(23)22(24)25-18-5-7-19(8-6-18)30(32)33/h5-10,25H,11-12H2,1-4H3. The number of non-ortho nitro benzene ring substituents is 1. The first-order chi connectivity index (χ1) is 16.5. The van der Waals surface area contributed by atoms with E-state index in [1.165, 1.54) is 24.3 Å². The summed E-state index contributed by atoms with van der Waals surface area (Å²) in [7, 11) is 0. The minimum atomic E-state index is -0.588. The average molecular weight is 520 g/mol. The highest BCUT2D eigenvalue weighted by Gasteiger charge is 2.27. The van der Waals surface area contributed by atoms with Crippen LogP contribution in [0, 0.1) is 47.9 Å². The van der Waals surface area contributed by atoms with Gasteiger partial charge in [-0.3, -0.25) is 29.6 Å². The lowest BCUT2D eigenvalue weighted by molar-refractivity contribution is -0.421. The van der Waals surface area contributed by atoms with Crippen LogP contribution in [-0.2, 0) is 13.1 Å². The molecule has 0 atom stereocenters. The molecule has 13 heteroatoms. The molecular formula is C22H23Cl2N7O4. The second-order valence-corrected chi connectivity index (χ2v) is 8.69. The summed E-state index contributed by atoms with van der Waals surface area (Å²) in [5.74, 6) is 0. The van der Waals surface area contributed by atoms with Gasteiger partial charge in [0.25, 0.3) is 11.4 Å². The molecule has 0 saturated heterocycles. The Morgan fingerprint density at radius 2 is 1.40 bits per heavy atom. The van der Waals surface area contributed by atoms with E-state index in [0.29, 0.717) is 11.3 Å². The number of nitrogens with one attached hydrogen (secondary N) is 1. The first kappa shape index (κ1) is 25.9. The molecule has 2 heterocycles. The van der Waals surface area contributed by atoms with Gasteiger partial charge >= 0.3 is 0 Å². The fourth-order valence-corrected chi connectivity index (χ4v) is 4.00. The van der Waals surface area contributed by atoms with Gasteiger partial charge in [0, 0.05) is 29.2 Å². The lowest BCUT2D eigenvalue weighted by atomic mass is 10.1. The van der Waals surface area contributed by atoms with Crippen LogP contribution < -0.4 is 5.32 Å². The van der Waals surface area contributed by atoms with Crippen molar-refractivity contribution in [1.29, 1.82) is 0 Å². The molecule has 1 aromatic carbocycles. The van der Waals surface area contributed by atoms with Crippen LogP contribution in [-0.4, -0.2) is 29.4 Å². The Balaban J connectivity index is 2.08. The normalized spacial score (nSPS) is 11.7. The van der Waals surface area contributed by atoms with Gasteiger partial charge < -0.3 is 5.32 Å². The molecule has 0 fully saturated rings. The van der Waals surface area contributed by atoms with E-state index in [2.05, 4.69) is 15.5 Å². The van der Waals surface area contributed by atoms with Gasteiger partial charge in [-0.2, -0.15) is 10.2 Å². The monoisotopic (exact) mass is 519 g/mol. The summed E-state index contributed by atoms with van der Waals surface area (Å²) in [5.41, 5.74) is 3.42. The Hall–Kier alpha value is -3.70. The van der Waals surface area contributed by atoms with Gasteiger partial charge in [0.15, 0.2) is 5.03 Å². The molecule has 0 saturated carbocycles. The Labute approximate surface area is 210 Å². The molecule has 0 aliphatic rings. The third-order valence-electron chi connectivity index (χ3n) is 5.14. The lowest BCUT2D eigenvalue weighted by Gasteiger charge is -2.13. The molecule has 0 amide bonds. The first-order valence-electron chi connectivity index (χ1n) is 10.4. The quantitative estimate of drug-likeness (QED) is 0.177. The van der Waals surface area contributed by atoms with Crippen molar-refractivity contribution in [3.05, 3.63) is 101 Å². The number of anilines is 1. The van der Waals surface area contributed by atoms with Crippen molar-refractivity contribution < 1.29 is 9.85 Å². The summed E-state index contributed by atoms with van der Waals surface area (Å²) in [6.07, 6.45) is 0. The maximum Gasteiger partial charge on any atom is 0.293 e. The maximum atomic E-state index is 12.2. The van der Waals surface area contributed by atoms with Crippen molar-refractivity contribution in [2.75, 3.05) is 5.32 Å². The van der Waals surface area contributed by atoms with Gasteiger partial charge in [-0.1, -0.05) is 23.2 Å². The van der Waals surface area contributed by atoms with Gasteiger partial charge in [-0.15, -0.1) is 0 Å². The fraction of sp³-hybridized carbons (Fsp3) is 0.273. The number of halogens is 2. The molecule has 184 valence electrons. The van der Waals surface area contributed by atoms with Crippen LogP contribution >= 0.6 is 23.2 Å². The third-order valence-corrected chi connectivity index (χ3v) is 5.89. The summed E-state index contributed by atoms with van der Waals surface area (Å²) in [6.45, 7) is 7.56. The molecule has 1 N–H and O–H groups in total. The predicted molar refractivity (Wildman–Crippen MR) is 133 cm³/mol. The molecule has 0 aliphatic heterocycles. The van der Waals surface area contributed by atoms with Crippen LogP contribution in [0.25, 0.3) is 0 Å². The topological polar surface area (TPSA) is 134 Å². The second-order valence-electron chi connectivity index (χ2n) is 7.94. The summed E-state index contributed by atoms with van der Waals surface area (Å²) in [6, 6.07) is 9.14. The highest BCUT2D eigenvalue weighted by Crippen LogP contribution is 2.29. The minimum Gasteiger partial charge on any atom is -0.345 e. The molecule has 0 radical (unpaired) electrons. The van der Waals surface area contributed by atoms with E-state index in [9.17, 15) is 20.2 Å². The number of nitro groups is 2. The van der Waals surface area contributed by atoms with Gasteiger partial charge in [0.1, 0.15) is 5.16 Å². The SMILES string of the molecule is Cc1cc(C)n(CC(Cn2nc(C)cc2C)=C(C(Cl)=C(Cl)Nc2ccc([N+](=O)[O-])cc2)[N+](=O)[O-])n1. The van der Waals surface area contributed by atoms with E-state index in [1.807, 2.05) is 39.8 Å². The van der Waals surface area contributed by atoms with E-state index in [4.69, 9.17) is 23.2 Å². The molecule has 0 bridgehead atoms. The molecule has 0 aliphatic carbocycles. The van der Waals surface area contributed by atoms with E-state index < -0.39 is 9.85 Å². The van der Waals surface area contributed by atoms with Gasteiger partial charge in [0.05, 0.1) is 39.9 Å². The number of nitro benzene ring substituents is 1. The molecule has 0 spiro atoms. The molecule has 11 nitrogen and oxygen atoms in total. The maximum absolute atomic E-state index is 12.2. The smallest absolute Gasteiger partial charge is 0.293 e. The minimum absolute atomic E-state index is 0.0895. The number of aryl methyl sites for hydroxylation is 4.